The lowest BCUT2D eigenvalue weighted by atomic mass is 10.1. The summed E-state index contributed by atoms with van der Waals surface area (Å²) in [6, 6.07) is 17.4. The van der Waals surface area contributed by atoms with Crippen LogP contribution in [-0.2, 0) is 0 Å². The summed E-state index contributed by atoms with van der Waals surface area (Å²) in [5, 5.41) is 11.1. The Morgan fingerprint density at radius 1 is 1.12 bits per heavy atom. The van der Waals surface area contributed by atoms with Crippen molar-refractivity contribution in [1.29, 1.82) is 5.26 Å². The van der Waals surface area contributed by atoms with E-state index in [1.54, 1.807) is 12.1 Å². The highest BCUT2D eigenvalue weighted by atomic mass is 35.5. The number of aromatic nitrogens is 1. The zero-order chi connectivity index (χ0) is 17.2. The van der Waals surface area contributed by atoms with Gasteiger partial charge in [-0.25, -0.2) is 4.98 Å². The summed E-state index contributed by atoms with van der Waals surface area (Å²) >= 11 is 6.27. The van der Waals surface area contributed by atoms with Crippen LogP contribution in [0.3, 0.4) is 0 Å². The summed E-state index contributed by atoms with van der Waals surface area (Å²) in [4.78, 5) is 4.57. The number of hydrogen-bond donors (Lipinski definition) is 0. The second kappa shape index (κ2) is 6.46. The smallest absolute Gasteiger partial charge is 0.179 e. The molecule has 0 N–H and O–H groups in total. The normalized spacial score (nSPS) is 13.5. The molecule has 1 aliphatic rings. The largest absolute Gasteiger partial charge is 0.486 e. The van der Waals surface area contributed by atoms with Crippen molar-refractivity contribution < 1.29 is 9.47 Å². The van der Waals surface area contributed by atoms with Gasteiger partial charge in [0.2, 0.25) is 0 Å². The maximum atomic E-state index is 9.57. The van der Waals surface area contributed by atoms with Gasteiger partial charge < -0.3 is 9.47 Å². The van der Waals surface area contributed by atoms with Crippen molar-refractivity contribution >= 4 is 34.2 Å². The Morgan fingerprint density at radius 2 is 1.96 bits per heavy atom. The van der Waals surface area contributed by atoms with Crippen LogP contribution in [0.25, 0.3) is 22.6 Å². The molecule has 0 radical (unpaired) electrons. The molecule has 4 rings (SSSR count). The number of nitrogens with zero attached hydrogens (tertiary/aromatic N) is 2. The van der Waals surface area contributed by atoms with Crippen LogP contribution in [0.2, 0.25) is 5.02 Å². The quantitative estimate of drug-likeness (QED) is 0.628. The zero-order valence-electron chi connectivity index (χ0n) is 13.2. The Morgan fingerprint density at radius 3 is 2.84 bits per heavy atom. The number of para-hydroxylation sites is 1. The lowest BCUT2D eigenvalue weighted by Crippen LogP contribution is -2.15. The third-order valence-electron chi connectivity index (χ3n) is 3.92. The molecular formula is C20H13ClN2O2. The third-order valence-corrected chi connectivity index (χ3v) is 4.21. The molecule has 2 heterocycles. The molecule has 1 aromatic heterocycles. The van der Waals surface area contributed by atoms with Gasteiger partial charge in [0.1, 0.15) is 19.3 Å². The first-order chi connectivity index (χ1) is 12.2. The Labute approximate surface area is 149 Å². The molecular weight excluding hydrogens is 336 g/mol. The van der Waals surface area contributed by atoms with E-state index in [1.807, 2.05) is 42.5 Å². The maximum Gasteiger partial charge on any atom is 0.179 e. The first-order valence-electron chi connectivity index (χ1n) is 7.82. The van der Waals surface area contributed by atoms with Crippen LogP contribution in [0.5, 0.6) is 11.5 Å². The van der Waals surface area contributed by atoms with Gasteiger partial charge >= 0.3 is 0 Å². The minimum atomic E-state index is 0.457. The average Bonchev–Trinajstić information content (AvgIpc) is 2.66. The number of pyridine rings is 1. The van der Waals surface area contributed by atoms with Crippen molar-refractivity contribution in [1.82, 2.24) is 4.98 Å². The number of allylic oxidation sites excluding steroid dienone is 1. The molecule has 0 amide bonds. The average molecular weight is 349 g/mol. The Bertz CT molecular complexity index is 1040. The first-order valence-corrected chi connectivity index (χ1v) is 8.19. The second-order valence-corrected chi connectivity index (χ2v) is 5.99. The summed E-state index contributed by atoms with van der Waals surface area (Å²) in [5.41, 5.74) is 2.69. The standard InChI is InChI=1S/C20H13ClN2O2/c21-16-10-13(11-19-20(16)25-8-7-24-19)9-15(12-22)18-6-5-14-3-1-2-4-17(14)23-18/h1-6,9-11H,7-8H2. The van der Waals surface area contributed by atoms with Gasteiger partial charge in [-0.2, -0.15) is 5.26 Å². The molecule has 0 spiro atoms. The van der Waals surface area contributed by atoms with Crippen LogP contribution >= 0.6 is 11.6 Å². The van der Waals surface area contributed by atoms with Gasteiger partial charge in [0, 0.05) is 5.39 Å². The van der Waals surface area contributed by atoms with Gasteiger partial charge in [0.25, 0.3) is 0 Å². The topological polar surface area (TPSA) is 55.1 Å². The van der Waals surface area contributed by atoms with Crippen LogP contribution in [0.15, 0.2) is 48.5 Å². The molecule has 25 heavy (non-hydrogen) atoms. The SMILES string of the molecule is N#CC(=Cc1cc(Cl)c2c(c1)OCCO2)c1ccc2ccccc2n1. The van der Waals surface area contributed by atoms with E-state index in [9.17, 15) is 5.26 Å². The summed E-state index contributed by atoms with van der Waals surface area (Å²) in [5.74, 6) is 1.14. The number of halogens is 1. The van der Waals surface area contributed by atoms with Crippen LogP contribution < -0.4 is 9.47 Å². The van der Waals surface area contributed by atoms with Crippen LogP contribution in [0.4, 0.5) is 0 Å². The van der Waals surface area contributed by atoms with Gasteiger partial charge in [-0.05, 0) is 35.9 Å². The number of rotatable bonds is 2. The Hall–Kier alpha value is -3.03. The highest BCUT2D eigenvalue weighted by Gasteiger charge is 2.16. The number of benzene rings is 2. The van der Waals surface area contributed by atoms with E-state index in [-0.39, 0.29) is 0 Å². The molecule has 2 aromatic carbocycles. The highest BCUT2D eigenvalue weighted by molar-refractivity contribution is 6.32. The minimum Gasteiger partial charge on any atom is -0.486 e. The predicted octanol–water partition coefficient (Wildman–Crippen LogP) is 4.72. The van der Waals surface area contributed by atoms with E-state index in [2.05, 4.69) is 11.1 Å². The summed E-state index contributed by atoms with van der Waals surface area (Å²) in [6.45, 7) is 0.959. The lowest BCUT2D eigenvalue weighted by Gasteiger charge is -2.19. The van der Waals surface area contributed by atoms with Crippen LogP contribution in [0.1, 0.15) is 11.3 Å². The molecule has 3 aromatic rings. The summed E-state index contributed by atoms with van der Waals surface area (Å²) in [6.07, 6.45) is 1.75. The van der Waals surface area contributed by atoms with Gasteiger partial charge in [-0.1, -0.05) is 35.9 Å². The van der Waals surface area contributed by atoms with Crippen molar-refractivity contribution in [3.8, 4) is 17.6 Å². The summed E-state index contributed by atoms with van der Waals surface area (Å²) < 4.78 is 11.1. The molecule has 0 unspecified atom stereocenters. The van der Waals surface area contributed by atoms with Crippen molar-refractivity contribution in [3.63, 3.8) is 0 Å². The highest BCUT2D eigenvalue weighted by Crippen LogP contribution is 2.39. The molecule has 0 bridgehead atoms. The van der Waals surface area contributed by atoms with E-state index in [0.717, 1.165) is 16.5 Å². The van der Waals surface area contributed by atoms with Crippen molar-refractivity contribution in [3.05, 3.63) is 64.8 Å². The van der Waals surface area contributed by atoms with Gasteiger partial charge in [0.15, 0.2) is 11.5 Å². The lowest BCUT2D eigenvalue weighted by molar-refractivity contribution is 0.171. The van der Waals surface area contributed by atoms with E-state index in [0.29, 0.717) is 41.0 Å². The third kappa shape index (κ3) is 3.02. The van der Waals surface area contributed by atoms with Crippen molar-refractivity contribution in [2.45, 2.75) is 0 Å². The van der Waals surface area contributed by atoms with Crippen LogP contribution in [-0.4, -0.2) is 18.2 Å². The van der Waals surface area contributed by atoms with Crippen molar-refractivity contribution in [2.75, 3.05) is 13.2 Å². The maximum absolute atomic E-state index is 9.57. The molecule has 4 nitrogen and oxygen atoms in total. The second-order valence-electron chi connectivity index (χ2n) is 5.59. The number of hydrogen-bond acceptors (Lipinski definition) is 4. The predicted molar refractivity (Wildman–Crippen MR) is 97.7 cm³/mol. The number of ether oxygens (including phenoxy) is 2. The van der Waals surface area contributed by atoms with Crippen molar-refractivity contribution in [2.24, 2.45) is 0 Å². The van der Waals surface area contributed by atoms with Gasteiger partial charge in [-0.15, -0.1) is 0 Å². The van der Waals surface area contributed by atoms with Gasteiger partial charge in [-0.3, -0.25) is 0 Å². The molecule has 0 fully saturated rings. The molecule has 0 aliphatic carbocycles. The van der Waals surface area contributed by atoms with Gasteiger partial charge in [0.05, 0.1) is 21.8 Å². The monoisotopic (exact) mass is 348 g/mol. The van der Waals surface area contributed by atoms with E-state index in [1.165, 1.54) is 0 Å². The van der Waals surface area contributed by atoms with E-state index < -0.39 is 0 Å². The van der Waals surface area contributed by atoms with Crippen LogP contribution in [0, 0.1) is 11.3 Å². The Balaban J connectivity index is 1.77. The summed E-state index contributed by atoms with van der Waals surface area (Å²) in [7, 11) is 0. The molecule has 122 valence electrons. The fraction of sp³-hybridized carbons (Fsp3) is 0.100. The first kappa shape index (κ1) is 15.5. The molecule has 1 aliphatic heterocycles. The fourth-order valence-corrected chi connectivity index (χ4v) is 3.03. The molecule has 0 atom stereocenters. The van der Waals surface area contributed by atoms with E-state index >= 15 is 0 Å². The minimum absolute atomic E-state index is 0.457. The number of fused-ring (bicyclic) bond motifs is 2. The number of nitriles is 1. The molecule has 0 saturated carbocycles. The Kier molecular flexibility index (Phi) is 4.01. The molecule has 0 saturated heterocycles. The van der Waals surface area contributed by atoms with E-state index in [4.69, 9.17) is 21.1 Å². The molecule has 5 heteroatoms. The fourth-order valence-electron chi connectivity index (χ4n) is 2.76. The zero-order valence-corrected chi connectivity index (χ0v) is 14.0.